The van der Waals surface area contributed by atoms with Crippen molar-refractivity contribution in [3.8, 4) is 0 Å². The summed E-state index contributed by atoms with van der Waals surface area (Å²) in [6.07, 6.45) is 0. The number of halogens is 2. The van der Waals surface area contributed by atoms with Crippen molar-refractivity contribution in [3.05, 3.63) is 100 Å². The van der Waals surface area contributed by atoms with Gasteiger partial charge >= 0.3 is 0 Å². The minimum Gasteiger partial charge on any atom is -0.595 e. The number of rotatable bonds is 2. The second kappa shape index (κ2) is 6.59. The monoisotopic (exact) mass is 554 g/mol. The quantitative estimate of drug-likeness (QED) is 0.288. The van der Waals surface area contributed by atoms with E-state index >= 15 is 0 Å². The maximum atomic E-state index is 13.9. The van der Waals surface area contributed by atoms with Crippen LogP contribution >= 0.6 is 31.9 Å². The average molecular weight is 556 g/mol. The van der Waals surface area contributed by atoms with Crippen molar-refractivity contribution in [2.75, 3.05) is 4.90 Å². The summed E-state index contributed by atoms with van der Waals surface area (Å²) in [5, 5.41) is 20.4. The van der Waals surface area contributed by atoms with Gasteiger partial charge in [0.25, 0.3) is 0 Å². The Morgan fingerprint density at radius 1 is 0.750 bits per heavy atom. The number of carbonyl (C=O) groups is 2. The highest BCUT2D eigenvalue weighted by Crippen LogP contribution is 2.70. The van der Waals surface area contributed by atoms with Crippen molar-refractivity contribution in [1.29, 1.82) is 0 Å². The molecule has 7 rings (SSSR count). The second-order valence-electron chi connectivity index (χ2n) is 8.30. The van der Waals surface area contributed by atoms with Gasteiger partial charge in [0.1, 0.15) is 5.69 Å². The molecule has 4 aliphatic rings. The minimum absolute atomic E-state index is 0.0810. The van der Waals surface area contributed by atoms with Gasteiger partial charge in [0.2, 0.25) is 11.8 Å². The first kappa shape index (κ1) is 20.3. The number of benzene rings is 3. The van der Waals surface area contributed by atoms with E-state index in [-0.39, 0.29) is 11.4 Å². The molecule has 1 aliphatic heterocycles. The normalized spacial score (nSPS) is 30.7. The number of quaternary nitrogens is 1. The SMILES string of the molecule is O=C1[C@@H]2[C@H](C(=O)N1c1ccccc1[NH+]([O-])O)C1(Br)c3ccccc3C2(Br)c2ccccc21. The molecule has 0 radical (unpaired) electrons. The van der Waals surface area contributed by atoms with Gasteiger partial charge in [-0.1, -0.05) is 92.5 Å². The number of para-hydroxylation sites is 2. The number of nitrogens with zero attached hydrogens (tertiary/aromatic N) is 1. The van der Waals surface area contributed by atoms with Crippen molar-refractivity contribution < 1.29 is 20.0 Å². The summed E-state index contributed by atoms with van der Waals surface area (Å²) in [6, 6.07) is 21.8. The Morgan fingerprint density at radius 3 is 1.53 bits per heavy atom. The Balaban J connectivity index is 1.65. The lowest BCUT2D eigenvalue weighted by atomic mass is 9.54. The van der Waals surface area contributed by atoms with Crippen molar-refractivity contribution in [3.63, 3.8) is 0 Å². The Labute approximate surface area is 200 Å². The number of hydrogen-bond acceptors (Lipinski definition) is 4. The van der Waals surface area contributed by atoms with Gasteiger partial charge in [0.15, 0.2) is 5.69 Å². The number of amides is 2. The van der Waals surface area contributed by atoms with E-state index in [1.165, 1.54) is 12.1 Å². The zero-order valence-corrected chi connectivity index (χ0v) is 19.6. The summed E-state index contributed by atoms with van der Waals surface area (Å²) in [5.74, 6) is -2.28. The standard InChI is InChI=1S/C24H16Br2N2O4/c25-23-13-7-1-2-8-14(13)24(26,16-10-4-3-9-15(16)23)20-19(23)21(29)27(22(20)30)17-11-5-6-12-18(17)28(31)32/h1-12,19-20,28,31H/t19-,20+,23?,24?. The smallest absolute Gasteiger partial charge is 0.240 e. The fourth-order valence-electron chi connectivity index (χ4n) is 5.75. The van der Waals surface area contributed by atoms with Crippen LogP contribution in [0.1, 0.15) is 22.3 Å². The third-order valence-corrected chi connectivity index (χ3v) is 9.66. The van der Waals surface area contributed by atoms with E-state index in [4.69, 9.17) is 0 Å². The van der Waals surface area contributed by atoms with Gasteiger partial charge in [0.05, 0.1) is 20.5 Å². The summed E-state index contributed by atoms with van der Waals surface area (Å²) >= 11 is 7.88. The number of nitrogens with one attached hydrogen (secondary N) is 1. The molecule has 1 saturated heterocycles. The Morgan fingerprint density at radius 2 is 1.12 bits per heavy atom. The summed E-state index contributed by atoms with van der Waals surface area (Å²) < 4.78 is -1.81. The van der Waals surface area contributed by atoms with Crippen LogP contribution in [0.2, 0.25) is 0 Å². The number of carbonyl (C=O) groups excluding carboxylic acids is 2. The molecule has 0 saturated carbocycles. The summed E-state index contributed by atoms with van der Waals surface area (Å²) in [7, 11) is 0. The van der Waals surface area contributed by atoms with Crippen LogP contribution in [0.3, 0.4) is 0 Å². The number of hydrogen-bond donors (Lipinski definition) is 2. The second-order valence-corrected chi connectivity index (χ2v) is 10.8. The van der Waals surface area contributed by atoms with Gasteiger partial charge in [-0.3, -0.25) is 9.59 Å². The Hall–Kier alpha value is -2.36. The van der Waals surface area contributed by atoms with Crippen molar-refractivity contribution >= 4 is 55.0 Å². The highest BCUT2D eigenvalue weighted by atomic mass is 79.9. The molecule has 2 amide bonds. The maximum Gasteiger partial charge on any atom is 0.240 e. The van der Waals surface area contributed by atoms with Gasteiger partial charge in [-0.05, 0) is 28.3 Å². The third kappa shape index (κ3) is 2.19. The molecule has 32 heavy (non-hydrogen) atoms. The van der Waals surface area contributed by atoms with Crippen LogP contribution in [0.5, 0.6) is 0 Å². The third-order valence-electron chi connectivity index (χ3n) is 6.96. The van der Waals surface area contributed by atoms with E-state index in [0.717, 1.165) is 27.2 Å². The predicted octanol–water partition coefficient (Wildman–Crippen LogP) is 3.50. The van der Waals surface area contributed by atoms with Crippen molar-refractivity contribution in [1.82, 2.24) is 0 Å². The summed E-state index contributed by atoms with van der Waals surface area (Å²) in [4.78, 5) is 29.0. The van der Waals surface area contributed by atoms with Crippen LogP contribution in [0.25, 0.3) is 0 Å². The minimum atomic E-state index is -1.19. The number of anilines is 1. The highest BCUT2D eigenvalue weighted by Gasteiger charge is 2.72. The van der Waals surface area contributed by atoms with E-state index in [9.17, 15) is 20.0 Å². The van der Waals surface area contributed by atoms with Gasteiger partial charge in [-0.15, -0.1) is 0 Å². The molecule has 1 heterocycles. The Kier molecular flexibility index (Phi) is 4.17. The summed E-state index contributed by atoms with van der Waals surface area (Å²) in [6.45, 7) is 0. The molecule has 3 aliphatic carbocycles. The van der Waals surface area contributed by atoms with E-state index < -0.39 is 37.5 Å². The van der Waals surface area contributed by atoms with Gasteiger partial charge in [-0.2, -0.15) is 5.23 Å². The molecular formula is C24H16Br2N2O4. The lowest BCUT2D eigenvalue weighted by molar-refractivity contribution is -0.990. The first-order chi connectivity index (χ1) is 15.3. The van der Waals surface area contributed by atoms with Crippen LogP contribution in [0.15, 0.2) is 72.8 Å². The zero-order valence-electron chi connectivity index (χ0n) is 16.5. The first-order valence-electron chi connectivity index (χ1n) is 10.1. The molecule has 2 N–H and O–H groups in total. The van der Waals surface area contributed by atoms with E-state index in [0.29, 0.717) is 0 Å². The summed E-state index contributed by atoms with van der Waals surface area (Å²) in [5.41, 5.74) is 3.77. The molecular weight excluding hydrogens is 540 g/mol. The van der Waals surface area contributed by atoms with Crippen LogP contribution in [-0.2, 0) is 18.2 Å². The van der Waals surface area contributed by atoms with Crippen LogP contribution in [0, 0.1) is 17.0 Å². The zero-order chi connectivity index (χ0) is 22.4. The molecule has 3 aromatic carbocycles. The van der Waals surface area contributed by atoms with E-state index in [1.54, 1.807) is 12.1 Å². The largest absolute Gasteiger partial charge is 0.595 e. The van der Waals surface area contributed by atoms with Gasteiger partial charge < -0.3 is 5.21 Å². The topological polar surface area (TPSA) is 85.1 Å². The molecule has 0 aromatic heterocycles. The van der Waals surface area contributed by atoms with E-state index in [2.05, 4.69) is 31.9 Å². The molecule has 3 atom stereocenters. The van der Waals surface area contributed by atoms with Gasteiger partial charge in [-0.25, -0.2) is 10.1 Å². The highest BCUT2D eigenvalue weighted by molar-refractivity contribution is 9.10. The fraction of sp³-hybridized carbons (Fsp3) is 0.167. The van der Waals surface area contributed by atoms with Gasteiger partial charge in [0, 0.05) is 6.07 Å². The number of alkyl halides is 2. The lowest BCUT2D eigenvalue weighted by Gasteiger charge is -2.55. The average Bonchev–Trinajstić information content (AvgIpc) is 3.08. The molecule has 1 fully saturated rings. The Bertz CT molecular complexity index is 1200. The molecule has 3 aromatic rings. The van der Waals surface area contributed by atoms with Crippen LogP contribution in [0.4, 0.5) is 11.4 Å². The fourth-order valence-corrected chi connectivity index (χ4v) is 8.06. The van der Waals surface area contributed by atoms with Crippen molar-refractivity contribution in [2.45, 2.75) is 8.65 Å². The van der Waals surface area contributed by atoms with Crippen LogP contribution < -0.4 is 10.1 Å². The molecule has 2 bridgehead atoms. The molecule has 6 nitrogen and oxygen atoms in total. The maximum absolute atomic E-state index is 13.9. The number of imide groups is 1. The van der Waals surface area contributed by atoms with Crippen molar-refractivity contribution in [2.24, 2.45) is 11.8 Å². The molecule has 0 spiro atoms. The molecule has 160 valence electrons. The first-order valence-corrected chi connectivity index (χ1v) is 11.7. The molecule has 1 unspecified atom stereocenters. The predicted molar refractivity (Wildman–Crippen MR) is 124 cm³/mol. The van der Waals surface area contributed by atoms with E-state index in [1.807, 2.05) is 48.5 Å². The molecule has 8 heteroatoms. The van der Waals surface area contributed by atoms with Crippen LogP contribution in [-0.4, -0.2) is 17.0 Å². The lowest BCUT2D eigenvalue weighted by Crippen LogP contribution is -2.99.